The molecule has 0 radical (unpaired) electrons. The molecule has 1 unspecified atom stereocenters. The van der Waals surface area contributed by atoms with Crippen LogP contribution in [0.2, 0.25) is 0 Å². The SMILES string of the molecule is CCOc1ccc(S(=O)(=O)N2CCCC(NC)C2)cc1Br.Cl. The van der Waals surface area contributed by atoms with Gasteiger partial charge < -0.3 is 10.1 Å². The van der Waals surface area contributed by atoms with E-state index in [4.69, 9.17) is 4.74 Å². The summed E-state index contributed by atoms with van der Waals surface area (Å²) in [6, 6.07) is 5.14. The van der Waals surface area contributed by atoms with Gasteiger partial charge in [0.05, 0.1) is 16.0 Å². The summed E-state index contributed by atoms with van der Waals surface area (Å²) in [4.78, 5) is 0.301. The van der Waals surface area contributed by atoms with Gasteiger partial charge in [-0.15, -0.1) is 12.4 Å². The molecule has 0 spiro atoms. The molecule has 0 bridgehead atoms. The topological polar surface area (TPSA) is 58.6 Å². The number of piperidine rings is 1. The Morgan fingerprint density at radius 2 is 2.18 bits per heavy atom. The predicted octanol–water partition coefficient (Wildman–Crippen LogP) is 2.64. The van der Waals surface area contributed by atoms with Crippen LogP contribution >= 0.6 is 28.3 Å². The van der Waals surface area contributed by atoms with Crippen molar-refractivity contribution >= 4 is 38.4 Å². The second kappa shape index (κ2) is 8.49. The van der Waals surface area contributed by atoms with Gasteiger partial charge in [-0.2, -0.15) is 4.31 Å². The van der Waals surface area contributed by atoms with Crippen LogP contribution in [0, 0.1) is 0 Å². The van der Waals surface area contributed by atoms with Crippen LogP contribution in [0.3, 0.4) is 0 Å². The highest BCUT2D eigenvalue weighted by atomic mass is 79.9. The minimum absolute atomic E-state index is 0. The number of halogens is 2. The standard InChI is InChI=1S/C14H21BrN2O3S.ClH/c1-3-20-14-7-6-12(9-13(14)15)21(18,19)17-8-4-5-11(10-17)16-2;/h6-7,9,11,16H,3-5,8,10H2,1-2H3;1H. The highest BCUT2D eigenvalue weighted by Gasteiger charge is 2.30. The molecule has 1 N–H and O–H groups in total. The summed E-state index contributed by atoms with van der Waals surface area (Å²) >= 11 is 3.37. The van der Waals surface area contributed by atoms with E-state index >= 15 is 0 Å². The van der Waals surface area contributed by atoms with Crippen molar-refractivity contribution in [3.8, 4) is 5.75 Å². The van der Waals surface area contributed by atoms with Crippen LogP contribution in [-0.2, 0) is 10.0 Å². The van der Waals surface area contributed by atoms with Gasteiger partial charge in [0, 0.05) is 19.1 Å². The van der Waals surface area contributed by atoms with E-state index in [0.29, 0.717) is 34.8 Å². The molecule has 0 aliphatic carbocycles. The Labute approximate surface area is 147 Å². The molecule has 2 rings (SSSR count). The van der Waals surface area contributed by atoms with E-state index in [-0.39, 0.29) is 18.4 Å². The number of nitrogens with zero attached hydrogens (tertiary/aromatic N) is 1. The summed E-state index contributed by atoms with van der Waals surface area (Å²) in [6.07, 6.45) is 1.89. The van der Waals surface area contributed by atoms with Gasteiger partial charge in [-0.25, -0.2) is 8.42 Å². The van der Waals surface area contributed by atoms with E-state index in [0.717, 1.165) is 12.8 Å². The number of ether oxygens (including phenoxy) is 1. The summed E-state index contributed by atoms with van der Waals surface area (Å²) < 4.78 is 33.0. The maximum atomic E-state index is 12.7. The molecule has 0 aromatic heterocycles. The van der Waals surface area contributed by atoms with Gasteiger partial charge in [-0.05, 0) is 60.9 Å². The van der Waals surface area contributed by atoms with Gasteiger partial charge in [0.15, 0.2) is 0 Å². The molecule has 1 saturated heterocycles. The van der Waals surface area contributed by atoms with Crippen LogP contribution in [0.25, 0.3) is 0 Å². The predicted molar refractivity (Wildman–Crippen MR) is 93.4 cm³/mol. The number of sulfonamides is 1. The average molecular weight is 414 g/mol. The summed E-state index contributed by atoms with van der Waals surface area (Å²) in [7, 11) is -1.58. The first-order valence-corrected chi connectivity index (χ1v) is 9.32. The highest BCUT2D eigenvalue weighted by molar-refractivity contribution is 9.10. The largest absolute Gasteiger partial charge is 0.493 e. The molecule has 0 saturated carbocycles. The van der Waals surface area contributed by atoms with Gasteiger partial charge in [0.25, 0.3) is 0 Å². The first-order valence-electron chi connectivity index (χ1n) is 7.08. The third-order valence-electron chi connectivity index (χ3n) is 3.63. The number of rotatable bonds is 5. The molecule has 1 heterocycles. The lowest BCUT2D eigenvalue weighted by Crippen LogP contribution is -2.46. The molecule has 1 aromatic carbocycles. The van der Waals surface area contributed by atoms with Gasteiger partial charge in [-0.1, -0.05) is 0 Å². The van der Waals surface area contributed by atoms with E-state index in [1.807, 2.05) is 14.0 Å². The van der Waals surface area contributed by atoms with Gasteiger partial charge in [0.1, 0.15) is 5.75 Å². The van der Waals surface area contributed by atoms with E-state index < -0.39 is 10.0 Å². The van der Waals surface area contributed by atoms with Crippen LogP contribution < -0.4 is 10.1 Å². The summed E-state index contributed by atoms with van der Waals surface area (Å²) in [6.45, 7) is 3.53. The molecule has 1 aromatic rings. The van der Waals surface area contributed by atoms with Crippen LogP contribution in [0.4, 0.5) is 0 Å². The van der Waals surface area contributed by atoms with Crippen molar-refractivity contribution in [2.24, 2.45) is 0 Å². The molecule has 8 heteroatoms. The Morgan fingerprint density at radius 3 is 2.77 bits per heavy atom. The fraction of sp³-hybridized carbons (Fsp3) is 0.571. The molecule has 1 aliphatic heterocycles. The van der Waals surface area contributed by atoms with Crippen LogP contribution in [0.15, 0.2) is 27.6 Å². The Balaban J connectivity index is 0.00000242. The lowest BCUT2D eigenvalue weighted by Gasteiger charge is -2.31. The third kappa shape index (κ3) is 4.35. The molecule has 1 atom stereocenters. The van der Waals surface area contributed by atoms with Gasteiger partial charge in [-0.3, -0.25) is 0 Å². The van der Waals surface area contributed by atoms with Gasteiger partial charge >= 0.3 is 0 Å². The third-order valence-corrected chi connectivity index (χ3v) is 6.11. The average Bonchev–Trinajstić information content (AvgIpc) is 2.49. The number of hydrogen-bond donors (Lipinski definition) is 1. The number of hydrogen-bond acceptors (Lipinski definition) is 4. The number of nitrogens with one attached hydrogen (secondary N) is 1. The first-order chi connectivity index (χ1) is 9.98. The minimum Gasteiger partial charge on any atom is -0.493 e. The molecular weight excluding hydrogens is 392 g/mol. The van der Waals surface area contributed by atoms with Crippen molar-refractivity contribution in [3.05, 3.63) is 22.7 Å². The van der Waals surface area contributed by atoms with E-state index in [1.165, 1.54) is 0 Å². The zero-order chi connectivity index (χ0) is 15.5. The number of benzene rings is 1. The fourth-order valence-electron chi connectivity index (χ4n) is 2.46. The normalized spacial score (nSPS) is 19.5. The van der Waals surface area contributed by atoms with Crippen molar-refractivity contribution in [2.75, 3.05) is 26.7 Å². The zero-order valence-electron chi connectivity index (χ0n) is 12.7. The summed E-state index contributed by atoms with van der Waals surface area (Å²) in [5.74, 6) is 0.656. The quantitative estimate of drug-likeness (QED) is 0.806. The molecule has 22 heavy (non-hydrogen) atoms. The van der Waals surface area contributed by atoms with Crippen LogP contribution in [0.5, 0.6) is 5.75 Å². The molecular formula is C14H22BrClN2O3S. The van der Waals surface area contributed by atoms with Crippen LogP contribution in [0.1, 0.15) is 19.8 Å². The summed E-state index contributed by atoms with van der Waals surface area (Å²) in [5.41, 5.74) is 0. The Kier molecular flexibility index (Phi) is 7.61. The van der Waals surface area contributed by atoms with Crippen LogP contribution in [-0.4, -0.2) is 45.5 Å². The summed E-state index contributed by atoms with van der Waals surface area (Å²) in [5, 5.41) is 3.16. The van der Waals surface area contributed by atoms with Crippen molar-refractivity contribution in [1.82, 2.24) is 9.62 Å². The Hall–Kier alpha value is -0.340. The van der Waals surface area contributed by atoms with E-state index in [1.54, 1.807) is 22.5 Å². The van der Waals surface area contributed by atoms with Crippen molar-refractivity contribution in [1.29, 1.82) is 0 Å². The lowest BCUT2D eigenvalue weighted by molar-refractivity contribution is 0.292. The van der Waals surface area contributed by atoms with E-state index in [9.17, 15) is 8.42 Å². The fourth-order valence-corrected chi connectivity index (χ4v) is 4.66. The van der Waals surface area contributed by atoms with Crippen molar-refractivity contribution in [2.45, 2.75) is 30.7 Å². The molecule has 5 nitrogen and oxygen atoms in total. The lowest BCUT2D eigenvalue weighted by atomic mass is 10.1. The maximum absolute atomic E-state index is 12.7. The second-order valence-corrected chi connectivity index (χ2v) is 7.81. The number of likely N-dealkylation sites (N-methyl/N-ethyl adjacent to an activating group) is 1. The Bertz CT molecular complexity index is 598. The monoisotopic (exact) mass is 412 g/mol. The van der Waals surface area contributed by atoms with E-state index in [2.05, 4.69) is 21.2 Å². The first kappa shape index (κ1) is 19.7. The Morgan fingerprint density at radius 1 is 1.45 bits per heavy atom. The van der Waals surface area contributed by atoms with Crippen molar-refractivity contribution < 1.29 is 13.2 Å². The molecule has 0 amide bonds. The zero-order valence-corrected chi connectivity index (χ0v) is 15.9. The van der Waals surface area contributed by atoms with Gasteiger partial charge in [0.2, 0.25) is 10.0 Å². The second-order valence-electron chi connectivity index (χ2n) is 5.02. The molecule has 126 valence electrons. The highest BCUT2D eigenvalue weighted by Crippen LogP contribution is 2.30. The van der Waals surface area contributed by atoms with Crippen molar-refractivity contribution in [3.63, 3.8) is 0 Å². The molecule has 1 aliphatic rings. The minimum atomic E-state index is -3.45. The smallest absolute Gasteiger partial charge is 0.243 e. The molecule has 1 fully saturated rings. The maximum Gasteiger partial charge on any atom is 0.243 e.